The first-order valence-corrected chi connectivity index (χ1v) is 11.8. The highest BCUT2D eigenvalue weighted by molar-refractivity contribution is 9.10. The third kappa shape index (κ3) is 4.76. The van der Waals surface area contributed by atoms with Crippen molar-refractivity contribution in [3.8, 4) is 11.5 Å². The average molecular weight is 548 g/mol. The first kappa shape index (κ1) is 24.1. The number of carbonyl (C=O) groups excluding carboxylic acids is 1. The maximum atomic E-state index is 13.1. The zero-order valence-electron chi connectivity index (χ0n) is 19.1. The summed E-state index contributed by atoms with van der Waals surface area (Å²) < 4.78 is 19.6. The Kier molecular flexibility index (Phi) is 7.13. The number of hydrogen-bond donors (Lipinski definition) is 1. The van der Waals surface area contributed by atoms with Crippen molar-refractivity contribution in [3.63, 3.8) is 0 Å². The van der Waals surface area contributed by atoms with Crippen molar-refractivity contribution in [2.45, 2.75) is 39.5 Å². The molecule has 1 atom stereocenters. The molecule has 0 saturated heterocycles. The van der Waals surface area contributed by atoms with Gasteiger partial charge < -0.3 is 19.5 Å². The van der Waals surface area contributed by atoms with Gasteiger partial charge >= 0.3 is 5.97 Å². The summed E-state index contributed by atoms with van der Waals surface area (Å²) >= 11 is 9.88. The molecule has 0 aliphatic carbocycles. The summed E-state index contributed by atoms with van der Waals surface area (Å²) in [5, 5.41) is 8.11. The second-order valence-corrected chi connectivity index (χ2v) is 9.22. The first-order chi connectivity index (χ1) is 16.3. The number of benzene rings is 2. The molecule has 10 heteroatoms. The van der Waals surface area contributed by atoms with Crippen LogP contribution in [0.3, 0.4) is 0 Å². The van der Waals surface area contributed by atoms with Crippen molar-refractivity contribution in [3.05, 3.63) is 74.6 Å². The van der Waals surface area contributed by atoms with Crippen LogP contribution in [0, 0.1) is 0 Å². The molecule has 1 unspecified atom stereocenters. The standard InChI is InChI=1S/C24H24BrClN4O4/c1-13(2)34-23(31)20-14(3)29-24-27-12-28-30(24)21(20)16-9-17(25)22(19(10-16)32-4)33-11-15-7-5-6-8-18(15)26/h5-10,12-13,21H,11H2,1-4H3,(H,27,28,29). The third-order valence-electron chi connectivity index (χ3n) is 5.25. The third-order valence-corrected chi connectivity index (χ3v) is 6.21. The van der Waals surface area contributed by atoms with Gasteiger partial charge in [0.05, 0.1) is 23.3 Å². The fourth-order valence-corrected chi connectivity index (χ4v) is 4.51. The lowest BCUT2D eigenvalue weighted by Crippen LogP contribution is -2.30. The quantitative estimate of drug-likeness (QED) is 0.390. The van der Waals surface area contributed by atoms with E-state index in [1.807, 2.05) is 57.2 Å². The molecule has 0 spiro atoms. The molecule has 0 amide bonds. The predicted octanol–water partition coefficient (Wildman–Crippen LogP) is 5.52. The zero-order chi connectivity index (χ0) is 24.4. The van der Waals surface area contributed by atoms with Crippen LogP contribution in [0.4, 0.5) is 5.95 Å². The van der Waals surface area contributed by atoms with Gasteiger partial charge in [-0.05, 0) is 60.5 Å². The molecule has 1 aromatic heterocycles. The zero-order valence-corrected chi connectivity index (χ0v) is 21.5. The van der Waals surface area contributed by atoms with Crippen LogP contribution in [0.15, 0.2) is 58.5 Å². The fourth-order valence-electron chi connectivity index (χ4n) is 3.74. The normalized spacial score (nSPS) is 15.1. The lowest BCUT2D eigenvalue weighted by atomic mass is 9.95. The molecule has 2 heterocycles. The number of fused-ring (bicyclic) bond motifs is 1. The Hall–Kier alpha value is -3.04. The van der Waals surface area contributed by atoms with Gasteiger partial charge in [0, 0.05) is 16.3 Å². The van der Waals surface area contributed by atoms with E-state index in [0.717, 1.165) is 11.1 Å². The molecule has 1 N–H and O–H groups in total. The van der Waals surface area contributed by atoms with Crippen LogP contribution in [0.25, 0.3) is 0 Å². The van der Waals surface area contributed by atoms with E-state index >= 15 is 0 Å². The Bertz CT molecular complexity index is 1260. The number of methoxy groups -OCH3 is 1. The molecule has 1 aliphatic rings. The molecule has 1 aliphatic heterocycles. The van der Waals surface area contributed by atoms with Crippen LogP contribution >= 0.6 is 27.5 Å². The van der Waals surface area contributed by atoms with Gasteiger partial charge in [-0.15, -0.1) is 0 Å². The summed E-state index contributed by atoms with van der Waals surface area (Å²) in [5.74, 6) is 1.11. The van der Waals surface area contributed by atoms with Gasteiger partial charge in [0.2, 0.25) is 5.95 Å². The summed E-state index contributed by atoms with van der Waals surface area (Å²) in [4.78, 5) is 17.3. The Labute approximate surface area is 211 Å². The van der Waals surface area contributed by atoms with Crippen LogP contribution in [-0.2, 0) is 16.1 Å². The number of carbonyl (C=O) groups is 1. The molecule has 0 saturated carbocycles. The van der Waals surface area contributed by atoms with Crippen LogP contribution in [0.2, 0.25) is 5.02 Å². The maximum absolute atomic E-state index is 13.1. The van der Waals surface area contributed by atoms with Gasteiger partial charge in [0.1, 0.15) is 19.0 Å². The van der Waals surface area contributed by atoms with E-state index in [9.17, 15) is 4.79 Å². The molecule has 4 rings (SSSR count). The molecule has 0 fully saturated rings. The minimum Gasteiger partial charge on any atom is -0.493 e. The SMILES string of the molecule is COc1cc(C2C(C(=O)OC(C)C)=C(C)Nc3ncnn32)cc(Br)c1OCc1ccccc1Cl. The van der Waals surface area contributed by atoms with Gasteiger partial charge in [-0.3, -0.25) is 0 Å². The summed E-state index contributed by atoms with van der Waals surface area (Å²) in [5.41, 5.74) is 2.68. The summed E-state index contributed by atoms with van der Waals surface area (Å²) in [7, 11) is 1.56. The highest BCUT2D eigenvalue weighted by Crippen LogP contribution is 2.43. The lowest BCUT2D eigenvalue weighted by Gasteiger charge is -2.29. The predicted molar refractivity (Wildman–Crippen MR) is 132 cm³/mol. The topological polar surface area (TPSA) is 87.5 Å². The molecule has 0 bridgehead atoms. The molecule has 34 heavy (non-hydrogen) atoms. The Balaban J connectivity index is 1.74. The molecular weight excluding hydrogens is 524 g/mol. The van der Waals surface area contributed by atoms with E-state index < -0.39 is 12.0 Å². The number of nitrogens with one attached hydrogen (secondary N) is 1. The van der Waals surface area contributed by atoms with E-state index in [-0.39, 0.29) is 12.7 Å². The highest BCUT2D eigenvalue weighted by atomic mass is 79.9. The molecule has 3 aromatic rings. The van der Waals surface area contributed by atoms with Crippen molar-refractivity contribution in [1.29, 1.82) is 0 Å². The summed E-state index contributed by atoms with van der Waals surface area (Å²) in [6.45, 7) is 5.70. The van der Waals surface area contributed by atoms with Gasteiger partial charge in [-0.25, -0.2) is 9.48 Å². The van der Waals surface area contributed by atoms with Gasteiger partial charge in [0.25, 0.3) is 0 Å². The van der Waals surface area contributed by atoms with Crippen molar-refractivity contribution >= 4 is 39.4 Å². The van der Waals surface area contributed by atoms with Gasteiger partial charge in [-0.1, -0.05) is 29.8 Å². The van der Waals surface area contributed by atoms with E-state index in [1.54, 1.807) is 11.8 Å². The maximum Gasteiger partial charge on any atom is 0.338 e. The second kappa shape index (κ2) is 10.1. The fraction of sp³-hybridized carbons (Fsp3) is 0.292. The Morgan fingerprint density at radius 1 is 1.29 bits per heavy atom. The number of ether oxygens (including phenoxy) is 3. The molecule has 2 aromatic carbocycles. The van der Waals surface area contributed by atoms with Gasteiger partial charge in [0.15, 0.2) is 11.5 Å². The second-order valence-electron chi connectivity index (χ2n) is 7.96. The largest absolute Gasteiger partial charge is 0.493 e. The summed E-state index contributed by atoms with van der Waals surface area (Å²) in [6.07, 6.45) is 1.17. The van der Waals surface area contributed by atoms with E-state index in [2.05, 4.69) is 31.3 Å². The molecule has 0 radical (unpaired) electrons. The van der Waals surface area contributed by atoms with E-state index in [1.165, 1.54) is 6.33 Å². The summed E-state index contributed by atoms with van der Waals surface area (Å²) in [6, 6.07) is 10.6. The van der Waals surface area contributed by atoms with E-state index in [0.29, 0.717) is 38.2 Å². The van der Waals surface area contributed by atoms with Crippen molar-refractivity contribution < 1.29 is 19.0 Å². The van der Waals surface area contributed by atoms with Crippen LogP contribution in [0.5, 0.6) is 11.5 Å². The molecule has 178 valence electrons. The minimum atomic E-state index is -0.576. The highest BCUT2D eigenvalue weighted by Gasteiger charge is 2.35. The number of hydrogen-bond acceptors (Lipinski definition) is 7. The smallest absolute Gasteiger partial charge is 0.338 e. The van der Waals surface area contributed by atoms with Crippen molar-refractivity contribution in [1.82, 2.24) is 14.8 Å². The number of allylic oxidation sites excluding steroid dienone is 1. The monoisotopic (exact) mass is 546 g/mol. The minimum absolute atomic E-state index is 0.263. The average Bonchev–Trinajstić information content (AvgIpc) is 3.25. The number of nitrogens with zero attached hydrogens (tertiary/aromatic N) is 3. The Morgan fingerprint density at radius 2 is 2.06 bits per heavy atom. The van der Waals surface area contributed by atoms with Crippen LogP contribution in [-0.4, -0.2) is 33.9 Å². The number of anilines is 1. The number of aromatic nitrogens is 3. The molecular formula is C24H24BrClN4O4. The van der Waals surface area contributed by atoms with Gasteiger partial charge in [-0.2, -0.15) is 10.1 Å². The number of esters is 1. The van der Waals surface area contributed by atoms with Crippen LogP contribution in [0.1, 0.15) is 37.9 Å². The van der Waals surface area contributed by atoms with Crippen molar-refractivity contribution in [2.24, 2.45) is 0 Å². The van der Waals surface area contributed by atoms with Crippen LogP contribution < -0.4 is 14.8 Å². The lowest BCUT2D eigenvalue weighted by molar-refractivity contribution is -0.143. The first-order valence-electron chi connectivity index (χ1n) is 10.6. The number of rotatable bonds is 7. The van der Waals surface area contributed by atoms with Crippen molar-refractivity contribution in [2.75, 3.05) is 12.4 Å². The van der Waals surface area contributed by atoms with E-state index in [4.69, 9.17) is 25.8 Å². The Morgan fingerprint density at radius 3 is 2.76 bits per heavy atom. The number of halogens is 2. The molecule has 8 nitrogen and oxygen atoms in total.